The quantitative estimate of drug-likeness (QED) is 0.625. The molecule has 0 saturated carbocycles. The molecule has 0 bridgehead atoms. The molecule has 1 aliphatic rings. The van der Waals surface area contributed by atoms with Crippen LogP contribution in [0.1, 0.15) is 44.7 Å². The molecule has 0 aliphatic carbocycles. The van der Waals surface area contributed by atoms with Crippen molar-refractivity contribution in [1.29, 1.82) is 0 Å². The number of esters is 1. The highest BCUT2D eigenvalue weighted by Crippen LogP contribution is 2.28. The fraction of sp³-hybridized carbons (Fsp3) is 0.412. The van der Waals surface area contributed by atoms with Crippen LogP contribution in [0.3, 0.4) is 0 Å². The van der Waals surface area contributed by atoms with Crippen molar-refractivity contribution in [1.82, 2.24) is 0 Å². The zero-order chi connectivity index (χ0) is 15.6. The Morgan fingerprint density at radius 3 is 2.43 bits per heavy atom. The van der Waals surface area contributed by atoms with Gasteiger partial charge in [-0.15, -0.1) is 0 Å². The number of carbonyl (C=O) groups excluding carboxylic acids is 1. The van der Waals surface area contributed by atoms with E-state index in [-0.39, 0.29) is 5.92 Å². The molecule has 4 heteroatoms. The van der Waals surface area contributed by atoms with Gasteiger partial charge >= 0.3 is 5.97 Å². The standard InChI is InChI=1S/C17H21NO3/c1-10(2)12-6-7-15(20-5)13(8-12)9-14-17(19)21-16(18-14)11(3)4/h6-11H,1-5H3/b14-9-. The Morgan fingerprint density at radius 1 is 1.19 bits per heavy atom. The summed E-state index contributed by atoms with van der Waals surface area (Å²) in [6, 6.07) is 5.96. The third kappa shape index (κ3) is 3.32. The molecule has 1 aromatic rings. The lowest BCUT2D eigenvalue weighted by atomic mass is 10.00. The molecule has 0 spiro atoms. The molecule has 0 atom stereocenters. The molecule has 1 heterocycles. The molecule has 0 fully saturated rings. The Kier molecular flexibility index (Phi) is 4.46. The third-order valence-electron chi connectivity index (χ3n) is 3.34. The number of hydrogen-bond acceptors (Lipinski definition) is 4. The van der Waals surface area contributed by atoms with E-state index in [1.165, 1.54) is 5.56 Å². The molecular formula is C17H21NO3. The van der Waals surface area contributed by atoms with E-state index in [1.807, 2.05) is 32.0 Å². The van der Waals surface area contributed by atoms with Gasteiger partial charge in [0.2, 0.25) is 5.90 Å². The number of hydrogen-bond donors (Lipinski definition) is 0. The minimum absolute atomic E-state index is 0.0868. The Hall–Kier alpha value is -2.10. The van der Waals surface area contributed by atoms with Gasteiger partial charge in [0.15, 0.2) is 5.70 Å². The van der Waals surface area contributed by atoms with E-state index in [9.17, 15) is 4.79 Å². The lowest BCUT2D eigenvalue weighted by Crippen LogP contribution is -2.09. The average Bonchev–Trinajstić information content (AvgIpc) is 2.80. The third-order valence-corrected chi connectivity index (χ3v) is 3.34. The van der Waals surface area contributed by atoms with E-state index in [4.69, 9.17) is 9.47 Å². The van der Waals surface area contributed by atoms with Crippen molar-refractivity contribution in [3.05, 3.63) is 35.0 Å². The Morgan fingerprint density at radius 2 is 1.90 bits per heavy atom. The predicted molar refractivity (Wildman–Crippen MR) is 83.4 cm³/mol. The van der Waals surface area contributed by atoms with Crippen LogP contribution in [-0.2, 0) is 9.53 Å². The Bertz CT molecular complexity index is 612. The van der Waals surface area contributed by atoms with E-state index in [2.05, 4.69) is 18.8 Å². The first-order valence-electron chi connectivity index (χ1n) is 7.12. The lowest BCUT2D eigenvalue weighted by molar-refractivity contribution is -0.130. The number of methoxy groups -OCH3 is 1. The van der Waals surface area contributed by atoms with Gasteiger partial charge in [0.1, 0.15) is 5.75 Å². The molecule has 0 radical (unpaired) electrons. The molecule has 0 amide bonds. The average molecular weight is 287 g/mol. The minimum atomic E-state index is -0.407. The first-order valence-corrected chi connectivity index (χ1v) is 7.12. The van der Waals surface area contributed by atoms with Gasteiger partial charge in [0, 0.05) is 11.5 Å². The number of rotatable bonds is 4. The van der Waals surface area contributed by atoms with E-state index in [1.54, 1.807) is 13.2 Å². The zero-order valence-electron chi connectivity index (χ0n) is 13.1. The van der Waals surface area contributed by atoms with Crippen LogP contribution >= 0.6 is 0 Å². The molecule has 0 aromatic heterocycles. The number of cyclic esters (lactones) is 1. The number of ether oxygens (including phenoxy) is 2. The number of benzene rings is 1. The molecule has 4 nitrogen and oxygen atoms in total. The van der Waals surface area contributed by atoms with Gasteiger partial charge in [-0.1, -0.05) is 33.8 Å². The molecular weight excluding hydrogens is 266 g/mol. The van der Waals surface area contributed by atoms with Gasteiger partial charge < -0.3 is 9.47 Å². The molecule has 0 unspecified atom stereocenters. The van der Waals surface area contributed by atoms with Crippen LogP contribution in [0.4, 0.5) is 0 Å². The zero-order valence-corrected chi connectivity index (χ0v) is 13.1. The highest BCUT2D eigenvalue weighted by atomic mass is 16.6. The van der Waals surface area contributed by atoms with Crippen molar-refractivity contribution in [3.8, 4) is 5.75 Å². The van der Waals surface area contributed by atoms with Crippen molar-refractivity contribution in [2.75, 3.05) is 7.11 Å². The molecule has 21 heavy (non-hydrogen) atoms. The second-order valence-corrected chi connectivity index (χ2v) is 5.68. The predicted octanol–water partition coefficient (Wildman–Crippen LogP) is 3.77. The highest BCUT2D eigenvalue weighted by Gasteiger charge is 2.25. The largest absolute Gasteiger partial charge is 0.496 e. The van der Waals surface area contributed by atoms with Crippen LogP contribution in [0.5, 0.6) is 5.75 Å². The van der Waals surface area contributed by atoms with E-state index in [0.29, 0.717) is 23.3 Å². The molecule has 2 rings (SSSR count). The highest BCUT2D eigenvalue weighted by molar-refractivity contribution is 6.07. The van der Waals surface area contributed by atoms with Gasteiger partial charge in [-0.05, 0) is 29.7 Å². The molecule has 1 aromatic carbocycles. The fourth-order valence-electron chi connectivity index (χ4n) is 2.04. The second kappa shape index (κ2) is 6.12. The van der Waals surface area contributed by atoms with Crippen LogP contribution in [0.2, 0.25) is 0 Å². The smallest absolute Gasteiger partial charge is 0.363 e. The number of aliphatic imine (C=N–C) groups is 1. The van der Waals surface area contributed by atoms with Gasteiger partial charge in [0.25, 0.3) is 0 Å². The number of nitrogens with zero attached hydrogens (tertiary/aromatic N) is 1. The molecule has 1 aliphatic heterocycles. The monoisotopic (exact) mass is 287 g/mol. The first kappa shape index (κ1) is 15.3. The maximum absolute atomic E-state index is 11.9. The maximum atomic E-state index is 11.9. The number of carbonyl (C=O) groups is 1. The maximum Gasteiger partial charge on any atom is 0.363 e. The van der Waals surface area contributed by atoms with Crippen molar-refractivity contribution < 1.29 is 14.3 Å². The summed E-state index contributed by atoms with van der Waals surface area (Å²) in [6.07, 6.45) is 1.72. The van der Waals surface area contributed by atoms with Crippen molar-refractivity contribution >= 4 is 17.9 Å². The van der Waals surface area contributed by atoms with Crippen LogP contribution in [0.25, 0.3) is 6.08 Å². The topological polar surface area (TPSA) is 47.9 Å². The van der Waals surface area contributed by atoms with Crippen LogP contribution < -0.4 is 4.74 Å². The Balaban J connectivity index is 2.44. The minimum Gasteiger partial charge on any atom is -0.496 e. The molecule has 0 saturated heterocycles. The van der Waals surface area contributed by atoms with E-state index in [0.717, 1.165) is 5.56 Å². The van der Waals surface area contributed by atoms with Gasteiger partial charge in [-0.25, -0.2) is 9.79 Å². The summed E-state index contributed by atoms with van der Waals surface area (Å²) in [4.78, 5) is 16.1. The van der Waals surface area contributed by atoms with E-state index < -0.39 is 5.97 Å². The molecule has 0 N–H and O–H groups in total. The fourth-order valence-corrected chi connectivity index (χ4v) is 2.04. The van der Waals surface area contributed by atoms with Gasteiger partial charge in [-0.2, -0.15) is 0 Å². The summed E-state index contributed by atoms with van der Waals surface area (Å²) in [6.45, 7) is 8.12. The van der Waals surface area contributed by atoms with Crippen LogP contribution in [-0.4, -0.2) is 19.0 Å². The van der Waals surface area contributed by atoms with Gasteiger partial charge in [-0.3, -0.25) is 0 Å². The second-order valence-electron chi connectivity index (χ2n) is 5.68. The normalized spacial score (nSPS) is 16.6. The SMILES string of the molecule is COc1ccc(C(C)C)cc1/C=C1\N=C(C(C)C)OC1=O. The summed E-state index contributed by atoms with van der Waals surface area (Å²) in [7, 11) is 1.61. The summed E-state index contributed by atoms with van der Waals surface area (Å²) in [5.74, 6) is 1.26. The first-order chi connectivity index (χ1) is 9.92. The van der Waals surface area contributed by atoms with E-state index >= 15 is 0 Å². The molecule has 112 valence electrons. The summed E-state index contributed by atoms with van der Waals surface area (Å²) >= 11 is 0. The Labute approximate surface area is 125 Å². The summed E-state index contributed by atoms with van der Waals surface area (Å²) in [5, 5.41) is 0. The van der Waals surface area contributed by atoms with Gasteiger partial charge in [0.05, 0.1) is 7.11 Å². The van der Waals surface area contributed by atoms with Crippen molar-refractivity contribution in [3.63, 3.8) is 0 Å². The summed E-state index contributed by atoms with van der Waals surface area (Å²) in [5.41, 5.74) is 2.34. The van der Waals surface area contributed by atoms with Crippen molar-refractivity contribution in [2.45, 2.75) is 33.6 Å². The van der Waals surface area contributed by atoms with Crippen LogP contribution in [0.15, 0.2) is 28.9 Å². The van der Waals surface area contributed by atoms with Crippen LogP contribution in [0, 0.1) is 5.92 Å². The summed E-state index contributed by atoms with van der Waals surface area (Å²) < 4.78 is 10.5. The lowest BCUT2D eigenvalue weighted by Gasteiger charge is -2.10. The van der Waals surface area contributed by atoms with Crippen molar-refractivity contribution in [2.24, 2.45) is 10.9 Å².